The Kier molecular flexibility index (Phi) is 23.1. The van der Waals surface area contributed by atoms with Gasteiger partial charge in [-0.3, -0.25) is 0 Å². The molecule has 0 aliphatic rings. The fraction of sp³-hybridized carbons (Fsp3) is 1.00. The summed E-state index contributed by atoms with van der Waals surface area (Å²) in [6.07, 6.45) is 33.8. The van der Waals surface area contributed by atoms with E-state index in [1.807, 2.05) is 13.3 Å². The van der Waals surface area contributed by atoms with Crippen molar-refractivity contribution in [3.8, 4) is 0 Å². The molecule has 0 aliphatic carbocycles. The molecule has 0 rings (SSSR count). The highest BCUT2D eigenvalue weighted by Gasteiger charge is 2.05. The smallest absolute Gasteiger partial charge is 0.0819 e. The van der Waals surface area contributed by atoms with Gasteiger partial charge in [-0.2, -0.15) is 0 Å². The van der Waals surface area contributed by atoms with Crippen LogP contribution in [-0.4, -0.2) is 19.5 Å². The van der Waals surface area contributed by atoms with Crippen molar-refractivity contribution in [3.05, 3.63) is 0 Å². The summed E-state index contributed by atoms with van der Waals surface area (Å²) in [6, 6.07) is 0. The maximum atomic E-state index is 11.6. The molecule has 0 radical (unpaired) electrons. The van der Waals surface area contributed by atoms with E-state index in [2.05, 4.69) is 6.92 Å². The summed E-state index contributed by atoms with van der Waals surface area (Å²) in [6.45, 7) is 6.14. The first-order valence-electron chi connectivity index (χ1n) is 13.6. The van der Waals surface area contributed by atoms with Crippen LogP contribution in [-0.2, 0) is 4.57 Å². The van der Waals surface area contributed by atoms with E-state index in [0.29, 0.717) is 0 Å². The van der Waals surface area contributed by atoms with Gasteiger partial charge in [0, 0.05) is 6.16 Å². The van der Waals surface area contributed by atoms with Gasteiger partial charge in [-0.15, -0.1) is 0 Å². The summed E-state index contributed by atoms with van der Waals surface area (Å²) in [4.78, 5) is 0. The van der Waals surface area contributed by atoms with Gasteiger partial charge in [0.15, 0.2) is 0 Å². The molecule has 0 aromatic rings. The van der Waals surface area contributed by atoms with E-state index in [1.54, 1.807) is 0 Å². The Hall–Kier alpha value is 0.230. The largest absolute Gasteiger partial charge is 0.324 e. The average Bonchev–Trinajstić information content (AvgIpc) is 2.67. The first kappa shape index (κ1) is 29.2. The third kappa shape index (κ3) is 28.2. The maximum Gasteiger partial charge on any atom is 0.0819 e. The highest BCUT2D eigenvalue weighted by atomic mass is 31.2. The number of hydrogen-bond donors (Lipinski definition) is 0. The van der Waals surface area contributed by atoms with Gasteiger partial charge in [0.05, 0.1) is 7.14 Å². The molecule has 0 aromatic carbocycles. The zero-order valence-electron chi connectivity index (χ0n) is 20.8. The molecule has 0 N–H and O–H groups in total. The Morgan fingerprint density at radius 1 is 0.379 bits per heavy atom. The lowest BCUT2D eigenvalue weighted by Gasteiger charge is -2.06. The van der Waals surface area contributed by atoms with Crippen molar-refractivity contribution in [2.24, 2.45) is 0 Å². The molecule has 0 atom stereocenters. The molecule has 0 spiro atoms. The molecule has 29 heavy (non-hydrogen) atoms. The van der Waals surface area contributed by atoms with Crippen molar-refractivity contribution in [1.29, 1.82) is 0 Å². The van der Waals surface area contributed by atoms with Crippen LogP contribution in [0.15, 0.2) is 0 Å². The van der Waals surface area contributed by atoms with E-state index < -0.39 is 7.14 Å². The third-order valence-electron chi connectivity index (χ3n) is 6.30. The molecule has 1 nitrogen and oxygen atoms in total. The second-order valence-electron chi connectivity index (χ2n) is 10.1. The van der Waals surface area contributed by atoms with E-state index in [9.17, 15) is 4.57 Å². The first-order chi connectivity index (χ1) is 14.1. The molecule has 2 heteroatoms. The van der Waals surface area contributed by atoms with Gasteiger partial charge in [-0.25, -0.2) is 0 Å². The molecular formula is C27H57OP. The van der Waals surface area contributed by atoms with Gasteiger partial charge < -0.3 is 4.57 Å². The van der Waals surface area contributed by atoms with Crippen molar-refractivity contribution < 1.29 is 4.57 Å². The molecule has 0 saturated carbocycles. The van der Waals surface area contributed by atoms with Crippen LogP contribution in [0.25, 0.3) is 0 Å². The predicted octanol–water partition coefficient (Wildman–Crippen LogP) is 10.6. The van der Waals surface area contributed by atoms with E-state index in [4.69, 9.17) is 0 Å². The molecular weight excluding hydrogens is 371 g/mol. The minimum Gasteiger partial charge on any atom is -0.324 e. The highest BCUT2D eigenvalue weighted by Crippen LogP contribution is 2.36. The van der Waals surface area contributed by atoms with Crippen LogP contribution in [0.2, 0.25) is 0 Å². The molecule has 176 valence electrons. The van der Waals surface area contributed by atoms with E-state index in [-0.39, 0.29) is 0 Å². The van der Waals surface area contributed by atoms with E-state index in [0.717, 1.165) is 6.16 Å². The lowest BCUT2D eigenvalue weighted by atomic mass is 10.0. The van der Waals surface area contributed by atoms with Gasteiger partial charge in [0.1, 0.15) is 0 Å². The Balaban J connectivity index is 3.02. The van der Waals surface area contributed by atoms with Crippen molar-refractivity contribution >= 4 is 7.14 Å². The van der Waals surface area contributed by atoms with Crippen molar-refractivity contribution in [2.75, 3.05) is 19.5 Å². The average molecular weight is 429 g/mol. The van der Waals surface area contributed by atoms with E-state index in [1.165, 1.54) is 148 Å². The second kappa shape index (κ2) is 22.9. The SMILES string of the molecule is CCCCCCCCCCCCCCCCCCCCCCCCCP(C)(C)=O. The predicted molar refractivity (Wildman–Crippen MR) is 136 cm³/mol. The molecule has 0 saturated heterocycles. The van der Waals surface area contributed by atoms with E-state index >= 15 is 0 Å². The molecule has 0 aliphatic heterocycles. The molecule has 0 fully saturated rings. The minimum absolute atomic E-state index is 0.951. The monoisotopic (exact) mass is 428 g/mol. The van der Waals surface area contributed by atoms with Crippen molar-refractivity contribution in [1.82, 2.24) is 0 Å². The fourth-order valence-corrected chi connectivity index (χ4v) is 5.26. The number of rotatable bonds is 24. The Morgan fingerprint density at radius 3 is 0.793 bits per heavy atom. The summed E-state index contributed by atoms with van der Waals surface area (Å²) in [7, 11) is -1.76. The third-order valence-corrected chi connectivity index (χ3v) is 7.69. The lowest BCUT2D eigenvalue weighted by molar-refractivity contribution is 0.518. The molecule has 0 heterocycles. The van der Waals surface area contributed by atoms with Crippen LogP contribution in [0.5, 0.6) is 0 Å². The van der Waals surface area contributed by atoms with Crippen LogP contribution < -0.4 is 0 Å². The van der Waals surface area contributed by atoms with Gasteiger partial charge in [0.2, 0.25) is 0 Å². The molecule has 0 amide bonds. The minimum atomic E-state index is -1.76. The van der Waals surface area contributed by atoms with Crippen LogP contribution in [0.3, 0.4) is 0 Å². The van der Waals surface area contributed by atoms with Crippen LogP contribution in [0.4, 0.5) is 0 Å². The molecule has 0 aromatic heterocycles. The first-order valence-corrected chi connectivity index (χ1v) is 16.4. The van der Waals surface area contributed by atoms with Gasteiger partial charge in [-0.05, 0) is 19.8 Å². The maximum absolute atomic E-state index is 11.6. The van der Waals surface area contributed by atoms with Crippen molar-refractivity contribution in [3.63, 3.8) is 0 Å². The van der Waals surface area contributed by atoms with Gasteiger partial charge in [0.25, 0.3) is 0 Å². The van der Waals surface area contributed by atoms with Crippen molar-refractivity contribution in [2.45, 2.75) is 155 Å². The summed E-state index contributed by atoms with van der Waals surface area (Å²) in [5.41, 5.74) is 0. The fourth-order valence-electron chi connectivity index (χ4n) is 4.28. The topological polar surface area (TPSA) is 17.1 Å². The number of unbranched alkanes of at least 4 members (excludes halogenated alkanes) is 22. The normalized spacial score (nSPS) is 12.0. The van der Waals surface area contributed by atoms with Crippen LogP contribution in [0.1, 0.15) is 155 Å². The summed E-state index contributed by atoms with van der Waals surface area (Å²) in [5, 5.41) is 0. The Labute approximate surface area is 186 Å². The summed E-state index contributed by atoms with van der Waals surface area (Å²) < 4.78 is 11.6. The molecule has 0 unspecified atom stereocenters. The summed E-state index contributed by atoms with van der Waals surface area (Å²) >= 11 is 0. The zero-order valence-corrected chi connectivity index (χ0v) is 21.7. The Morgan fingerprint density at radius 2 is 0.586 bits per heavy atom. The van der Waals surface area contributed by atoms with Crippen LogP contribution in [0, 0.1) is 0 Å². The zero-order chi connectivity index (χ0) is 21.5. The highest BCUT2D eigenvalue weighted by molar-refractivity contribution is 7.62. The standard InChI is InChI=1S/C27H57OP/c1-4-5-6-7-8-9-10-11-12-13-14-15-16-17-18-19-20-21-22-23-24-25-26-27-29(2,3)28/h4-27H2,1-3H3. The van der Waals surface area contributed by atoms with Gasteiger partial charge >= 0.3 is 0 Å². The quantitative estimate of drug-likeness (QED) is 0.110. The summed E-state index contributed by atoms with van der Waals surface area (Å²) in [5.74, 6) is 0. The van der Waals surface area contributed by atoms with Crippen LogP contribution >= 0.6 is 7.14 Å². The second-order valence-corrected chi connectivity index (χ2v) is 13.7. The lowest BCUT2D eigenvalue weighted by Crippen LogP contribution is -1.87. The number of hydrogen-bond acceptors (Lipinski definition) is 1. The molecule has 0 bridgehead atoms. The Bertz CT molecular complexity index is 346. The van der Waals surface area contributed by atoms with Gasteiger partial charge in [-0.1, -0.05) is 148 Å².